The molecule has 4 nitrogen and oxygen atoms in total. The van der Waals surface area contributed by atoms with Crippen LogP contribution in [0, 0.1) is 0 Å². The van der Waals surface area contributed by atoms with Gasteiger partial charge in [-0.25, -0.2) is 9.97 Å². The second-order valence-corrected chi connectivity index (χ2v) is 4.36. The molecule has 0 aromatic carbocycles. The Morgan fingerprint density at radius 1 is 1.25 bits per heavy atom. The van der Waals surface area contributed by atoms with Gasteiger partial charge in [0.2, 0.25) is 5.28 Å². The van der Waals surface area contributed by atoms with Crippen molar-refractivity contribution in [3.8, 4) is 0 Å². The molecule has 0 saturated carbocycles. The number of hydrogen-bond donors (Lipinski definition) is 1. The fraction of sp³-hybridized carbons (Fsp3) is 0.250. The van der Waals surface area contributed by atoms with Gasteiger partial charge in [-0.05, 0) is 30.7 Å². The third kappa shape index (κ3) is 3.57. The van der Waals surface area contributed by atoms with Gasteiger partial charge in [-0.3, -0.25) is 4.98 Å². The highest BCUT2D eigenvalue weighted by Gasteiger charge is 2.33. The molecule has 0 amide bonds. The van der Waals surface area contributed by atoms with Gasteiger partial charge in [0.15, 0.2) is 5.69 Å². The van der Waals surface area contributed by atoms with E-state index in [2.05, 4.69) is 20.3 Å². The zero-order valence-electron chi connectivity index (χ0n) is 10.3. The van der Waals surface area contributed by atoms with Crippen molar-refractivity contribution in [2.75, 3.05) is 5.32 Å². The van der Waals surface area contributed by atoms with Crippen molar-refractivity contribution in [2.45, 2.75) is 19.1 Å². The monoisotopic (exact) mass is 302 g/mol. The van der Waals surface area contributed by atoms with Crippen molar-refractivity contribution < 1.29 is 13.2 Å². The van der Waals surface area contributed by atoms with Gasteiger partial charge >= 0.3 is 6.18 Å². The minimum atomic E-state index is -4.57. The molecule has 2 aromatic heterocycles. The maximum Gasteiger partial charge on any atom is 0.433 e. The van der Waals surface area contributed by atoms with Gasteiger partial charge < -0.3 is 5.32 Å². The van der Waals surface area contributed by atoms with E-state index in [0.717, 1.165) is 6.07 Å². The topological polar surface area (TPSA) is 50.7 Å². The third-order valence-corrected chi connectivity index (χ3v) is 2.65. The molecule has 0 saturated heterocycles. The molecule has 8 heteroatoms. The predicted molar refractivity (Wildman–Crippen MR) is 68.3 cm³/mol. The maximum atomic E-state index is 12.6. The van der Waals surface area contributed by atoms with Crippen molar-refractivity contribution in [3.63, 3.8) is 0 Å². The highest BCUT2D eigenvalue weighted by Crippen LogP contribution is 2.30. The highest BCUT2D eigenvalue weighted by molar-refractivity contribution is 6.28. The zero-order valence-corrected chi connectivity index (χ0v) is 11.1. The Bertz CT molecular complexity index is 589. The summed E-state index contributed by atoms with van der Waals surface area (Å²) in [5.74, 6) is -0.00419. The molecule has 1 N–H and O–H groups in total. The Labute approximate surface area is 118 Å². The fourth-order valence-electron chi connectivity index (χ4n) is 1.56. The molecule has 0 aliphatic rings. The molecule has 106 valence electrons. The molecule has 2 heterocycles. The van der Waals surface area contributed by atoms with E-state index in [-0.39, 0.29) is 11.9 Å². The average Bonchev–Trinajstić information content (AvgIpc) is 2.38. The van der Waals surface area contributed by atoms with E-state index in [9.17, 15) is 13.2 Å². The lowest BCUT2D eigenvalue weighted by atomic mass is 10.2. The number of aromatic nitrogens is 3. The number of nitrogens with one attached hydrogen (secondary N) is 1. The minimum absolute atomic E-state index is 0.00419. The first-order valence-corrected chi connectivity index (χ1v) is 6.03. The van der Waals surface area contributed by atoms with Gasteiger partial charge in [-0.2, -0.15) is 13.2 Å². The number of nitrogens with zero attached hydrogens (tertiary/aromatic N) is 3. The second-order valence-electron chi connectivity index (χ2n) is 4.03. The smallest absolute Gasteiger partial charge is 0.362 e. The molecule has 2 rings (SSSR count). The number of anilines is 1. The van der Waals surface area contributed by atoms with E-state index in [1.165, 1.54) is 0 Å². The Morgan fingerprint density at radius 2 is 2.00 bits per heavy atom. The van der Waals surface area contributed by atoms with Gasteiger partial charge in [-0.1, -0.05) is 6.07 Å². The number of rotatable bonds is 3. The van der Waals surface area contributed by atoms with Crippen LogP contribution in [0.5, 0.6) is 0 Å². The van der Waals surface area contributed by atoms with Crippen LogP contribution in [-0.4, -0.2) is 15.0 Å². The van der Waals surface area contributed by atoms with Gasteiger partial charge in [0.25, 0.3) is 0 Å². The molecule has 0 fully saturated rings. The van der Waals surface area contributed by atoms with E-state index in [1.54, 1.807) is 31.3 Å². The Hall–Kier alpha value is -1.89. The number of hydrogen-bond acceptors (Lipinski definition) is 4. The van der Waals surface area contributed by atoms with Gasteiger partial charge in [-0.15, -0.1) is 0 Å². The summed E-state index contributed by atoms with van der Waals surface area (Å²) in [5.41, 5.74) is -0.413. The number of halogens is 4. The number of alkyl halides is 3. The van der Waals surface area contributed by atoms with Crippen LogP contribution < -0.4 is 5.32 Å². The largest absolute Gasteiger partial charge is 0.433 e. The molecule has 0 spiro atoms. The van der Waals surface area contributed by atoms with E-state index in [4.69, 9.17) is 11.6 Å². The predicted octanol–water partition coefficient (Wildman–Crippen LogP) is 3.72. The van der Waals surface area contributed by atoms with Crippen LogP contribution in [0.2, 0.25) is 5.28 Å². The molecule has 20 heavy (non-hydrogen) atoms. The Morgan fingerprint density at radius 3 is 2.60 bits per heavy atom. The van der Waals surface area contributed by atoms with E-state index >= 15 is 0 Å². The first-order valence-electron chi connectivity index (χ1n) is 5.65. The molecular formula is C12H10ClF3N4. The fourth-order valence-corrected chi connectivity index (χ4v) is 1.75. The van der Waals surface area contributed by atoms with Crippen LogP contribution in [0.3, 0.4) is 0 Å². The van der Waals surface area contributed by atoms with Crippen molar-refractivity contribution in [2.24, 2.45) is 0 Å². The standard InChI is InChI=1S/C12H10ClF3N4/c1-7(8-4-2-3-5-17-8)18-10-6-9(12(14,15)16)19-11(13)20-10/h2-7H,1H3,(H,18,19,20). The summed E-state index contributed by atoms with van der Waals surface area (Å²) in [6, 6.07) is 5.79. The van der Waals surface area contributed by atoms with Crippen LogP contribution in [0.1, 0.15) is 24.4 Å². The molecule has 0 aliphatic carbocycles. The van der Waals surface area contributed by atoms with Crippen LogP contribution in [0.15, 0.2) is 30.5 Å². The lowest BCUT2D eigenvalue weighted by Crippen LogP contribution is -2.13. The lowest BCUT2D eigenvalue weighted by molar-refractivity contribution is -0.141. The summed E-state index contributed by atoms with van der Waals surface area (Å²) in [4.78, 5) is 11.0. The van der Waals surface area contributed by atoms with Gasteiger partial charge in [0, 0.05) is 12.3 Å². The molecule has 1 unspecified atom stereocenters. The Balaban J connectivity index is 2.24. The zero-order chi connectivity index (χ0) is 14.8. The normalized spacial score (nSPS) is 13.1. The molecule has 0 bridgehead atoms. The Kier molecular flexibility index (Phi) is 4.08. The molecule has 1 atom stereocenters. The van der Waals surface area contributed by atoms with Gasteiger partial charge in [0.1, 0.15) is 5.82 Å². The van der Waals surface area contributed by atoms with Crippen LogP contribution >= 0.6 is 11.6 Å². The first kappa shape index (κ1) is 14.5. The molecule has 2 aromatic rings. The first-order chi connectivity index (χ1) is 9.36. The second kappa shape index (κ2) is 5.62. The summed E-state index contributed by atoms with van der Waals surface area (Å²) in [5, 5.41) is 2.35. The molecule has 0 aliphatic heterocycles. The van der Waals surface area contributed by atoms with E-state index < -0.39 is 17.2 Å². The van der Waals surface area contributed by atoms with Crippen LogP contribution in [0.25, 0.3) is 0 Å². The van der Waals surface area contributed by atoms with E-state index in [1.807, 2.05) is 0 Å². The highest BCUT2D eigenvalue weighted by atomic mass is 35.5. The van der Waals surface area contributed by atoms with Crippen molar-refractivity contribution >= 4 is 17.4 Å². The van der Waals surface area contributed by atoms with E-state index in [0.29, 0.717) is 5.69 Å². The molecule has 0 radical (unpaired) electrons. The molecular weight excluding hydrogens is 293 g/mol. The summed E-state index contributed by atoms with van der Waals surface area (Å²) in [7, 11) is 0. The van der Waals surface area contributed by atoms with Crippen LogP contribution in [0.4, 0.5) is 19.0 Å². The summed E-state index contributed by atoms with van der Waals surface area (Å²) >= 11 is 5.51. The lowest BCUT2D eigenvalue weighted by Gasteiger charge is -2.15. The SMILES string of the molecule is CC(Nc1cc(C(F)(F)F)nc(Cl)n1)c1ccccn1. The number of pyridine rings is 1. The summed E-state index contributed by atoms with van der Waals surface area (Å²) in [6.07, 6.45) is -2.97. The van der Waals surface area contributed by atoms with Crippen molar-refractivity contribution in [3.05, 3.63) is 47.1 Å². The van der Waals surface area contributed by atoms with Crippen molar-refractivity contribution in [1.82, 2.24) is 15.0 Å². The summed E-state index contributed by atoms with van der Waals surface area (Å²) < 4.78 is 37.9. The van der Waals surface area contributed by atoms with Crippen molar-refractivity contribution in [1.29, 1.82) is 0 Å². The summed E-state index contributed by atoms with van der Waals surface area (Å²) in [6.45, 7) is 1.76. The van der Waals surface area contributed by atoms with Crippen LogP contribution in [-0.2, 0) is 6.18 Å². The third-order valence-electron chi connectivity index (χ3n) is 2.49. The minimum Gasteiger partial charge on any atom is -0.362 e. The van der Waals surface area contributed by atoms with Gasteiger partial charge in [0.05, 0.1) is 11.7 Å². The average molecular weight is 303 g/mol. The maximum absolute atomic E-state index is 12.6. The quantitative estimate of drug-likeness (QED) is 0.878.